The van der Waals surface area contributed by atoms with Crippen LogP contribution in [-0.2, 0) is 0 Å². The van der Waals surface area contributed by atoms with Gasteiger partial charge in [-0.25, -0.2) is 13.8 Å². The summed E-state index contributed by atoms with van der Waals surface area (Å²) in [5.41, 5.74) is 12.8. The molecule has 3 aromatic heterocycles. The van der Waals surface area contributed by atoms with Crippen molar-refractivity contribution in [2.75, 3.05) is 36.6 Å². The summed E-state index contributed by atoms with van der Waals surface area (Å²) in [6, 6.07) is 7.44. The number of pyridine rings is 1. The summed E-state index contributed by atoms with van der Waals surface area (Å²) in [7, 11) is 1.36. The van der Waals surface area contributed by atoms with Crippen molar-refractivity contribution in [2.45, 2.75) is 12.5 Å². The molecular formula is C29H20ClF2N7O2S. The van der Waals surface area contributed by atoms with Gasteiger partial charge in [0.15, 0.2) is 11.6 Å². The van der Waals surface area contributed by atoms with E-state index in [1.807, 2.05) is 17.0 Å². The molecule has 1 unspecified atom stereocenters. The molecule has 1 aliphatic heterocycles. The number of aromatic nitrogens is 3. The third kappa shape index (κ3) is 4.07. The highest BCUT2D eigenvalue weighted by Gasteiger charge is 2.34. The number of nitrogens with zero attached hydrogens (tertiary/aromatic N) is 5. The zero-order valence-electron chi connectivity index (χ0n) is 21.9. The van der Waals surface area contributed by atoms with Crippen molar-refractivity contribution in [1.82, 2.24) is 15.0 Å². The van der Waals surface area contributed by atoms with Crippen LogP contribution < -0.4 is 25.8 Å². The molecule has 5 aromatic rings. The monoisotopic (exact) mass is 603 g/mol. The van der Waals surface area contributed by atoms with E-state index in [9.17, 15) is 9.65 Å². The highest BCUT2D eigenvalue weighted by Crippen LogP contribution is 2.51. The summed E-state index contributed by atoms with van der Waals surface area (Å²) in [6.45, 7) is 0.367. The highest BCUT2D eigenvalue weighted by atomic mass is 35.5. The maximum atomic E-state index is 16.7. The number of nitrogens with two attached hydrogens (primary N) is 2. The fourth-order valence-corrected chi connectivity index (χ4v) is 6.56. The van der Waals surface area contributed by atoms with E-state index in [0.717, 1.165) is 11.3 Å². The number of hydrogen-bond acceptors (Lipinski definition) is 10. The van der Waals surface area contributed by atoms with E-state index >= 15 is 4.39 Å². The number of anilines is 3. The molecule has 6 rings (SSSR count). The van der Waals surface area contributed by atoms with Crippen molar-refractivity contribution in [3.63, 3.8) is 0 Å². The third-order valence-corrected chi connectivity index (χ3v) is 8.48. The number of nitrogen functional groups attached to an aromatic ring is 2. The normalized spacial score (nSPS) is 13.3. The minimum atomic E-state index is -0.845. The van der Waals surface area contributed by atoms with Gasteiger partial charge in [-0.05, 0) is 17.7 Å². The summed E-state index contributed by atoms with van der Waals surface area (Å²) in [5.74, 6) is 1.89. The molecule has 42 heavy (non-hydrogen) atoms. The van der Waals surface area contributed by atoms with E-state index in [4.69, 9.17) is 39.0 Å². The van der Waals surface area contributed by atoms with Gasteiger partial charge in [-0.3, -0.25) is 0 Å². The van der Waals surface area contributed by atoms with Crippen LogP contribution in [0, 0.1) is 35.3 Å². The van der Waals surface area contributed by atoms with E-state index in [1.165, 1.54) is 19.2 Å². The van der Waals surface area contributed by atoms with Gasteiger partial charge in [0.05, 0.1) is 40.4 Å². The largest absolute Gasteiger partial charge is 0.489 e. The molecule has 210 valence electrons. The maximum absolute atomic E-state index is 16.7. The maximum Gasteiger partial charge on any atom is 0.318 e. The molecule has 0 saturated carbocycles. The first-order valence-corrected chi connectivity index (χ1v) is 13.7. The Morgan fingerprint density at radius 1 is 1.26 bits per heavy atom. The van der Waals surface area contributed by atoms with Gasteiger partial charge < -0.3 is 25.8 Å². The van der Waals surface area contributed by atoms with Crippen LogP contribution in [0.2, 0.25) is 5.02 Å². The number of halogens is 3. The molecule has 2 aromatic carbocycles. The van der Waals surface area contributed by atoms with Crippen molar-refractivity contribution < 1.29 is 18.3 Å². The quantitative estimate of drug-likeness (QED) is 0.237. The summed E-state index contributed by atoms with van der Waals surface area (Å²) in [5, 5.41) is 10.1. The predicted molar refractivity (Wildman–Crippen MR) is 159 cm³/mol. The first-order valence-electron chi connectivity index (χ1n) is 12.5. The van der Waals surface area contributed by atoms with Crippen molar-refractivity contribution in [3.8, 4) is 41.3 Å². The van der Waals surface area contributed by atoms with Crippen LogP contribution in [-0.4, -0.2) is 35.2 Å². The van der Waals surface area contributed by atoms with Crippen LogP contribution in [0.25, 0.3) is 32.1 Å². The van der Waals surface area contributed by atoms with Gasteiger partial charge in [-0.15, -0.1) is 23.7 Å². The zero-order chi connectivity index (χ0) is 29.7. The summed E-state index contributed by atoms with van der Waals surface area (Å²) in [6.07, 6.45) is 7.55. The minimum Gasteiger partial charge on any atom is -0.489 e. The molecule has 0 fully saturated rings. The lowest BCUT2D eigenvalue weighted by Gasteiger charge is -2.31. The highest BCUT2D eigenvalue weighted by molar-refractivity contribution is 7.23. The first-order chi connectivity index (χ1) is 20.3. The number of benzene rings is 2. The zero-order valence-corrected chi connectivity index (χ0v) is 23.5. The first kappa shape index (κ1) is 27.3. The fraction of sp³-hybridized carbons (Fsp3) is 0.172. The van der Waals surface area contributed by atoms with Gasteiger partial charge >= 0.3 is 6.01 Å². The average Bonchev–Trinajstić information content (AvgIpc) is 3.21. The lowest BCUT2D eigenvalue weighted by atomic mass is 9.96. The van der Waals surface area contributed by atoms with Gasteiger partial charge in [-0.1, -0.05) is 23.7 Å². The van der Waals surface area contributed by atoms with Crippen molar-refractivity contribution in [1.29, 1.82) is 5.26 Å². The molecule has 0 spiro atoms. The Morgan fingerprint density at radius 3 is 2.79 bits per heavy atom. The van der Waals surface area contributed by atoms with Crippen LogP contribution >= 0.6 is 22.9 Å². The lowest BCUT2D eigenvalue weighted by molar-refractivity contribution is 0.327. The second kappa shape index (κ2) is 10.5. The van der Waals surface area contributed by atoms with Gasteiger partial charge in [0.1, 0.15) is 40.6 Å². The minimum absolute atomic E-state index is 0.0187. The molecule has 0 saturated heterocycles. The van der Waals surface area contributed by atoms with Crippen LogP contribution in [0.15, 0.2) is 30.5 Å². The van der Waals surface area contributed by atoms with Crippen LogP contribution in [0.1, 0.15) is 23.6 Å². The standard InChI is InChI=1S/C29H20ClF2N7O2S/c1-3-5-17(13-6-4-9-36-26(13)34)39-10-11-41-24-20-23(37-29(40-2)38-28(20)39)22(32)19(21(24)30)14-7-8-16(31)25-18(14)15(12-33)27(35)42-25/h1,4,6-9,17H,5,10-11,35H2,2H3,(H2,34,36). The Balaban J connectivity index is 1.69. The molecule has 4 N–H and O–H groups in total. The molecule has 1 atom stereocenters. The third-order valence-electron chi connectivity index (χ3n) is 7.09. The molecule has 4 heterocycles. The Morgan fingerprint density at radius 2 is 2.07 bits per heavy atom. The smallest absolute Gasteiger partial charge is 0.318 e. The molecule has 0 aliphatic carbocycles. The number of nitriles is 1. The van der Waals surface area contributed by atoms with Crippen molar-refractivity contribution in [2.24, 2.45) is 0 Å². The van der Waals surface area contributed by atoms with Crippen molar-refractivity contribution >= 4 is 60.6 Å². The number of fused-ring (bicyclic) bond motifs is 1. The molecule has 1 aliphatic rings. The number of hydrogen-bond donors (Lipinski definition) is 2. The van der Waals surface area contributed by atoms with Gasteiger partial charge in [0, 0.05) is 29.1 Å². The molecular weight excluding hydrogens is 584 g/mol. The predicted octanol–water partition coefficient (Wildman–Crippen LogP) is 5.85. The number of thiophene rings is 1. The Kier molecular flexibility index (Phi) is 6.81. The second-order valence-corrected chi connectivity index (χ2v) is 10.7. The molecule has 9 nitrogen and oxygen atoms in total. The summed E-state index contributed by atoms with van der Waals surface area (Å²) in [4.78, 5) is 15.0. The number of rotatable bonds is 5. The van der Waals surface area contributed by atoms with Crippen molar-refractivity contribution in [3.05, 3.63) is 58.2 Å². The van der Waals surface area contributed by atoms with E-state index in [1.54, 1.807) is 12.3 Å². The fourth-order valence-electron chi connectivity index (χ4n) is 5.28. The van der Waals surface area contributed by atoms with Crippen LogP contribution in [0.5, 0.6) is 11.8 Å². The van der Waals surface area contributed by atoms with Gasteiger partial charge in [0.2, 0.25) is 0 Å². The number of ether oxygens (including phenoxy) is 2. The van der Waals surface area contributed by atoms with E-state index < -0.39 is 17.7 Å². The van der Waals surface area contributed by atoms with Gasteiger partial charge in [-0.2, -0.15) is 15.2 Å². The van der Waals surface area contributed by atoms with E-state index in [-0.39, 0.29) is 90.7 Å². The second-order valence-electron chi connectivity index (χ2n) is 9.29. The van der Waals surface area contributed by atoms with Gasteiger partial charge in [0.25, 0.3) is 0 Å². The summed E-state index contributed by atoms with van der Waals surface area (Å²) >= 11 is 7.81. The summed E-state index contributed by atoms with van der Waals surface area (Å²) < 4.78 is 43.2. The Hall–Kier alpha value is -4.91. The Bertz CT molecular complexity index is 2000. The molecule has 13 heteroatoms. The number of methoxy groups -OCH3 is 1. The van der Waals surface area contributed by atoms with Crippen LogP contribution in [0.3, 0.4) is 0 Å². The molecule has 0 radical (unpaired) electrons. The van der Waals surface area contributed by atoms with E-state index in [2.05, 4.69) is 20.9 Å². The SMILES string of the molecule is C#CCC(c1cccnc1N)N1CCOc2c(Cl)c(-c3ccc(F)c4sc(N)c(C#N)c34)c(F)c3nc(OC)nc1c23. The number of terminal acetylenes is 1. The Labute approximate surface area is 247 Å². The average molecular weight is 604 g/mol. The lowest BCUT2D eigenvalue weighted by Crippen LogP contribution is -2.33. The van der Waals surface area contributed by atoms with E-state index in [0.29, 0.717) is 5.56 Å². The molecule has 0 amide bonds. The molecule has 0 bridgehead atoms. The topological polar surface area (TPSA) is 136 Å². The van der Waals surface area contributed by atoms with Crippen LogP contribution in [0.4, 0.5) is 25.4 Å².